The molecule has 0 heterocycles. The quantitative estimate of drug-likeness (QED) is 0.569. The van der Waals surface area contributed by atoms with Gasteiger partial charge >= 0.3 is 5.97 Å². The number of hydrogen-bond acceptors (Lipinski definition) is 4. The molecule has 1 aliphatic carbocycles. The van der Waals surface area contributed by atoms with Crippen molar-refractivity contribution in [3.63, 3.8) is 0 Å². The van der Waals surface area contributed by atoms with Crippen molar-refractivity contribution >= 4 is 41.6 Å². The molecular weight excluding hydrogens is 380 g/mol. The standard InChI is InChI=1S/C14H16BrClO4S/c1-9-12(7-10(15)8-13(9)21(16,18)19)14(17)20-11-5-3-2-4-6-11/h7-8,11H,2-6H2,1H3. The first-order valence-electron chi connectivity index (χ1n) is 6.75. The Labute approximate surface area is 137 Å². The Bertz CT molecular complexity index is 651. The Morgan fingerprint density at radius 1 is 1.29 bits per heavy atom. The molecule has 0 aliphatic heterocycles. The summed E-state index contributed by atoms with van der Waals surface area (Å²) in [6.45, 7) is 1.55. The van der Waals surface area contributed by atoms with Gasteiger partial charge in [0.15, 0.2) is 0 Å². The Morgan fingerprint density at radius 3 is 2.48 bits per heavy atom. The van der Waals surface area contributed by atoms with Crippen molar-refractivity contribution in [3.8, 4) is 0 Å². The minimum atomic E-state index is -3.91. The zero-order valence-electron chi connectivity index (χ0n) is 11.6. The smallest absolute Gasteiger partial charge is 0.338 e. The Kier molecular flexibility index (Phi) is 5.33. The summed E-state index contributed by atoms with van der Waals surface area (Å²) in [6, 6.07) is 2.95. The van der Waals surface area contributed by atoms with Gasteiger partial charge in [-0.2, -0.15) is 0 Å². The van der Waals surface area contributed by atoms with E-state index in [1.165, 1.54) is 12.5 Å². The summed E-state index contributed by atoms with van der Waals surface area (Å²) in [5, 5.41) is 0. The van der Waals surface area contributed by atoms with Gasteiger partial charge in [0.1, 0.15) is 6.10 Å². The van der Waals surface area contributed by atoms with Crippen molar-refractivity contribution in [3.05, 3.63) is 27.7 Å². The van der Waals surface area contributed by atoms with Crippen molar-refractivity contribution in [2.75, 3.05) is 0 Å². The second kappa shape index (κ2) is 6.67. The summed E-state index contributed by atoms with van der Waals surface area (Å²) in [6.07, 6.45) is 4.91. The van der Waals surface area contributed by atoms with E-state index >= 15 is 0 Å². The maximum Gasteiger partial charge on any atom is 0.338 e. The van der Waals surface area contributed by atoms with Crippen LogP contribution in [-0.2, 0) is 13.8 Å². The molecule has 0 amide bonds. The van der Waals surface area contributed by atoms with Crippen LogP contribution in [0.15, 0.2) is 21.5 Å². The fourth-order valence-corrected chi connectivity index (χ4v) is 4.35. The molecule has 1 aromatic carbocycles. The summed E-state index contributed by atoms with van der Waals surface area (Å²) in [5.74, 6) is -0.498. The molecule has 0 saturated heterocycles. The average Bonchev–Trinajstić information content (AvgIpc) is 2.40. The van der Waals surface area contributed by atoms with E-state index in [-0.39, 0.29) is 16.6 Å². The van der Waals surface area contributed by atoms with Crippen molar-refractivity contribution in [1.82, 2.24) is 0 Å². The Morgan fingerprint density at radius 2 is 1.90 bits per heavy atom. The van der Waals surface area contributed by atoms with Crippen molar-refractivity contribution in [2.24, 2.45) is 0 Å². The third-order valence-corrected chi connectivity index (χ3v) is 5.54. The van der Waals surface area contributed by atoms with Gasteiger partial charge in [-0.3, -0.25) is 0 Å². The van der Waals surface area contributed by atoms with Gasteiger partial charge < -0.3 is 4.74 Å². The molecular formula is C14H16BrClO4S. The first-order chi connectivity index (χ1) is 9.79. The van der Waals surface area contributed by atoms with E-state index in [0.717, 1.165) is 25.7 Å². The summed E-state index contributed by atoms with van der Waals surface area (Å²) in [4.78, 5) is 12.2. The first-order valence-corrected chi connectivity index (χ1v) is 9.85. The lowest BCUT2D eigenvalue weighted by molar-refractivity contribution is 0.0210. The van der Waals surface area contributed by atoms with Crippen molar-refractivity contribution in [1.29, 1.82) is 0 Å². The van der Waals surface area contributed by atoms with Gasteiger partial charge in [0.25, 0.3) is 9.05 Å². The number of carbonyl (C=O) groups is 1. The molecule has 0 bridgehead atoms. The first kappa shape index (κ1) is 16.8. The van der Waals surface area contributed by atoms with Gasteiger partial charge in [-0.05, 0) is 50.3 Å². The monoisotopic (exact) mass is 394 g/mol. The minimum Gasteiger partial charge on any atom is -0.459 e. The highest BCUT2D eigenvalue weighted by Gasteiger charge is 2.24. The molecule has 0 N–H and O–H groups in total. The molecule has 116 valence electrons. The zero-order valence-corrected chi connectivity index (χ0v) is 14.7. The van der Waals surface area contributed by atoms with Crippen LogP contribution in [0.1, 0.15) is 48.0 Å². The van der Waals surface area contributed by atoms with Crippen LogP contribution in [0.5, 0.6) is 0 Å². The molecule has 2 rings (SSSR count). The van der Waals surface area contributed by atoms with E-state index in [9.17, 15) is 13.2 Å². The van der Waals surface area contributed by atoms with Gasteiger partial charge in [-0.1, -0.05) is 22.4 Å². The maximum atomic E-state index is 12.3. The predicted octanol–water partition coefficient (Wildman–Crippen LogP) is 4.17. The van der Waals surface area contributed by atoms with Gasteiger partial charge in [0, 0.05) is 15.2 Å². The molecule has 0 atom stereocenters. The van der Waals surface area contributed by atoms with Gasteiger partial charge in [-0.25, -0.2) is 13.2 Å². The van der Waals surface area contributed by atoms with Gasteiger partial charge in [0.2, 0.25) is 0 Å². The van der Waals surface area contributed by atoms with E-state index in [2.05, 4.69) is 15.9 Å². The van der Waals surface area contributed by atoms with E-state index in [1.54, 1.807) is 13.0 Å². The second-order valence-electron chi connectivity index (χ2n) is 5.18. The number of rotatable bonds is 3. The third kappa shape index (κ3) is 4.20. The number of halogens is 2. The highest BCUT2D eigenvalue weighted by atomic mass is 79.9. The average molecular weight is 396 g/mol. The molecule has 0 unspecified atom stereocenters. The van der Waals surface area contributed by atoms with E-state index in [4.69, 9.17) is 15.4 Å². The summed E-state index contributed by atoms with van der Waals surface area (Å²) in [7, 11) is 1.49. The molecule has 0 spiro atoms. The number of carbonyl (C=O) groups excluding carboxylic acids is 1. The van der Waals surface area contributed by atoms with Crippen LogP contribution in [0.2, 0.25) is 0 Å². The Hall–Kier alpha value is -0.590. The van der Waals surface area contributed by atoms with Gasteiger partial charge in [0.05, 0.1) is 10.5 Å². The molecule has 1 saturated carbocycles. The molecule has 1 aliphatic rings. The normalized spacial score (nSPS) is 16.7. The SMILES string of the molecule is Cc1c(C(=O)OC2CCCCC2)cc(Br)cc1S(=O)(=O)Cl. The third-order valence-electron chi connectivity index (χ3n) is 3.63. The minimum absolute atomic E-state index is 0.0749. The van der Waals surface area contributed by atoms with Crippen LogP contribution in [0.25, 0.3) is 0 Å². The summed E-state index contributed by atoms with van der Waals surface area (Å²) >= 11 is 3.20. The maximum absolute atomic E-state index is 12.3. The van der Waals surface area contributed by atoms with Crippen LogP contribution >= 0.6 is 26.6 Å². The number of benzene rings is 1. The predicted molar refractivity (Wildman–Crippen MR) is 84.2 cm³/mol. The van der Waals surface area contributed by atoms with Crippen LogP contribution in [0, 0.1) is 6.92 Å². The highest BCUT2D eigenvalue weighted by molar-refractivity contribution is 9.10. The topological polar surface area (TPSA) is 60.4 Å². The lowest BCUT2D eigenvalue weighted by Gasteiger charge is -2.22. The molecule has 4 nitrogen and oxygen atoms in total. The zero-order chi connectivity index (χ0) is 15.6. The summed E-state index contributed by atoms with van der Waals surface area (Å²) in [5.41, 5.74) is 0.545. The Balaban J connectivity index is 2.30. The largest absolute Gasteiger partial charge is 0.459 e. The number of ether oxygens (including phenoxy) is 1. The van der Waals surface area contributed by atoms with Crippen LogP contribution < -0.4 is 0 Å². The van der Waals surface area contributed by atoms with Crippen LogP contribution in [0.3, 0.4) is 0 Å². The fourth-order valence-electron chi connectivity index (χ4n) is 2.52. The van der Waals surface area contributed by atoms with Crippen LogP contribution in [-0.4, -0.2) is 20.5 Å². The highest BCUT2D eigenvalue weighted by Crippen LogP contribution is 2.29. The summed E-state index contributed by atoms with van der Waals surface area (Å²) < 4.78 is 29.1. The van der Waals surface area contributed by atoms with E-state index in [1.807, 2.05) is 0 Å². The molecule has 7 heteroatoms. The molecule has 1 fully saturated rings. The van der Waals surface area contributed by atoms with Crippen molar-refractivity contribution in [2.45, 2.75) is 50.0 Å². The molecule has 0 aromatic heterocycles. The van der Waals surface area contributed by atoms with Crippen LogP contribution in [0.4, 0.5) is 0 Å². The number of hydrogen-bond donors (Lipinski definition) is 0. The molecule has 21 heavy (non-hydrogen) atoms. The molecule has 0 radical (unpaired) electrons. The van der Waals surface area contributed by atoms with Gasteiger partial charge in [-0.15, -0.1) is 0 Å². The fraction of sp³-hybridized carbons (Fsp3) is 0.500. The lowest BCUT2D eigenvalue weighted by Crippen LogP contribution is -2.21. The van der Waals surface area contributed by atoms with E-state index < -0.39 is 15.0 Å². The van der Waals surface area contributed by atoms with Crippen molar-refractivity contribution < 1.29 is 17.9 Å². The lowest BCUT2D eigenvalue weighted by atomic mass is 9.97. The second-order valence-corrected chi connectivity index (χ2v) is 8.63. The number of esters is 1. The molecule has 1 aromatic rings. The van der Waals surface area contributed by atoms with E-state index in [0.29, 0.717) is 10.0 Å².